The molecule has 0 aliphatic heterocycles. The summed E-state index contributed by atoms with van der Waals surface area (Å²) in [5.41, 5.74) is 0.436. The van der Waals surface area contributed by atoms with E-state index < -0.39 is 25.0 Å². The lowest BCUT2D eigenvalue weighted by Crippen LogP contribution is -2.39. The van der Waals surface area contributed by atoms with Crippen molar-refractivity contribution < 1.29 is 23.5 Å². The lowest BCUT2D eigenvalue weighted by molar-refractivity contribution is -0.0462. The van der Waals surface area contributed by atoms with Crippen LogP contribution in [0.25, 0.3) is 0 Å². The van der Waals surface area contributed by atoms with E-state index in [9.17, 15) is 18.4 Å². The summed E-state index contributed by atoms with van der Waals surface area (Å²) >= 11 is 0. The molecule has 1 aromatic heterocycles. The molecule has 0 fully saturated rings. The standard InChI is InChI=1S/C11H14F2N2O3/c1-7(17)8-3-9(15(2)4-8)10(18)14-5-11(12,13)6-16/h3-4,16H,5-6H2,1-2H3,(H,14,18). The van der Waals surface area contributed by atoms with Crippen LogP contribution in [0.15, 0.2) is 12.3 Å². The van der Waals surface area contributed by atoms with Crippen molar-refractivity contribution in [2.24, 2.45) is 7.05 Å². The van der Waals surface area contributed by atoms with Crippen LogP contribution < -0.4 is 5.32 Å². The molecule has 0 aliphatic rings. The first-order valence-corrected chi connectivity index (χ1v) is 5.21. The third-order valence-electron chi connectivity index (χ3n) is 2.38. The molecule has 2 N–H and O–H groups in total. The number of hydrogen-bond acceptors (Lipinski definition) is 3. The van der Waals surface area contributed by atoms with Crippen molar-refractivity contribution in [1.29, 1.82) is 0 Å². The fourth-order valence-electron chi connectivity index (χ4n) is 1.34. The fourth-order valence-corrected chi connectivity index (χ4v) is 1.34. The Labute approximate surface area is 102 Å². The van der Waals surface area contributed by atoms with Crippen molar-refractivity contribution in [3.8, 4) is 0 Å². The van der Waals surface area contributed by atoms with E-state index in [1.165, 1.54) is 30.8 Å². The van der Waals surface area contributed by atoms with E-state index in [1.807, 2.05) is 5.32 Å². The van der Waals surface area contributed by atoms with E-state index in [0.29, 0.717) is 5.56 Å². The van der Waals surface area contributed by atoms with Gasteiger partial charge in [-0.2, -0.15) is 0 Å². The first-order valence-electron chi connectivity index (χ1n) is 5.21. The summed E-state index contributed by atoms with van der Waals surface area (Å²) in [5.74, 6) is -4.30. The number of carbonyl (C=O) groups excluding carboxylic acids is 2. The summed E-state index contributed by atoms with van der Waals surface area (Å²) in [6, 6.07) is 1.33. The summed E-state index contributed by atoms with van der Waals surface area (Å²) in [5, 5.41) is 10.4. The maximum absolute atomic E-state index is 12.7. The van der Waals surface area contributed by atoms with Crippen molar-refractivity contribution >= 4 is 11.7 Å². The third kappa shape index (κ3) is 3.36. The Morgan fingerprint density at radius 3 is 2.56 bits per heavy atom. The van der Waals surface area contributed by atoms with Crippen LogP contribution in [-0.2, 0) is 7.05 Å². The minimum absolute atomic E-state index is 0.105. The number of halogens is 2. The Morgan fingerprint density at radius 1 is 1.50 bits per heavy atom. The second-order valence-electron chi connectivity index (χ2n) is 3.98. The van der Waals surface area contributed by atoms with Crippen LogP contribution in [0.4, 0.5) is 8.78 Å². The zero-order valence-electron chi connectivity index (χ0n) is 10.0. The second-order valence-corrected chi connectivity index (χ2v) is 3.98. The first kappa shape index (κ1) is 14.3. The number of ketones is 1. The molecule has 5 nitrogen and oxygen atoms in total. The molecule has 0 spiro atoms. The average Bonchev–Trinajstić information content (AvgIpc) is 2.69. The molecule has 1 heterocycles. The van der Waals surface area contributed by atoms with Crippen LogP contribution in [0.3, 0.4) is 0 Å². The molecule has 1 aromatic rings. The Hall–Kier alpha value is -1.76. The number of aliphatic hydroxyl groups excluding tert-OH is 1. The molecule has 18 heavy (non-hydrogen) atoms. The SMILES string of the molecule is CC(=O)c1cc(C(=O)NCC(F)(F)CO)n(C)c1. The number of amides is 1. The summed E-state index contributed by atoms with van der Waals surface area (Å²) in [6.45, 7) is -0.945. The lowest BCUT2D eigenvalue weighted by Gasteiger charge is -2.13. The Bertz CT molecular complexity index is 469. The highest BCUT2D eigenvalue weighted by Crippen LogP contribution is 2.11. The van der Waals surface area contributed by atoms with Crippen LogP contribution in [0.5, 0.6) is 0 Å². The van der Waals surface area contributed by atoms with Gasteiger partial charge in [-0.25, -0.2) is 8.78 Å². The summed E-state index contributed by atoms with van der Waals surface area (Å²) in [7, 11) is 1.53. The van der Waals surface area contributed by atoms with Crippen molar-refractivity contribution in [2.45, 2.75) is 12.8 Å². The van der Waals surface area contributed by atoms with Gasteiger partial charge in [0, 0.05) is 18.8 Å². The lowest BCUT2D eigenvalue weighted by atomic mass is 10.2. The van der Waals surface area contributed by atoms with Gasteiger partial charge in [0.25, 0.3) is 11.8 Å². The second kappa shape index (κ2) is 5.26. The molecule has 0 aliphatic carbocycles. The Balaban J connectivity index is 2.76. The highest BCUT2D eigenvalue weighted by molar-refractivity contribution is 5.99. The van der Waals surface area contributed by atoms with Gasteiger partial charge in [0.15, 0.2) is 5.78 Å². The number of carbonyl (C=O) groups is 2. The molecule has 0 bridgehead atoms. The van der Waals surface area contributed by atoms with E-state index in [1.54, 1.807) is 0 Å². The summed E-state index contributed by atoms with van der Waals surface area (Å²) < 4.78 is 26.9. The highest BCUT2D eigenvalue weighted by Gasteiger charge is 2.28. The monoisotopic (exact) mass is 260 g/mol. The number of nitrogens with zero attached hydrogens (tertiary/aromatic N) is 1. The van der Waals surface area contributed by atoms with Crippen molar-refractivity contribution in [3.05, 3.63) is 23.5 Å². The number of nitrogens with one attached hydrogen (secondary N) is 1. The zero-order valence-corrected chi connectivity index (χ0v) is 10.0. The Kier molecular flexibility index (Phi) is 4.18. The Morgan fingerprint density at radius 2 is 2.11 bits per heavy atom. The van der Waals surface area contributed by atoms with E-state index in [4.69, 9.17) is 5.11 Å². The quantitative estimate of drug-likeness (QED) is 0.761. The molecule has 1 amide bonds. The molecular weight excluding hydrogens is 246 g/mol. The number of rotatable bonds is 5. The normalized spacial score (nSPS) is 11.4. The van der Waals surface area contributed by atoms with E-state index >= 15 is 0 Å². The minimum atomic E-state index is -3.36. The zero-order chi connectivity index (χ0) is 13.9. The number of hydrogen-bond donors (Lipinski definition) is 2. The number of aromatic nitrogens is 1. The van der Waals surface area contributed by atoms with Gasteiger partial charge >= 0.3 is 0 Å². The molecule has 100 valence electrons. The van der Waals surface area contributed by atoms with Gasteiger partial charge in [-0.3, -0.25) is 9.59 Å². The number of Topliss-reactive ketones (excluding diaryl/α,β-unsaturated/α-hetero) is 1. The van der Waals surface area contributed by atoms with Gasteiger partial charge < -0.3 is 15.0 Å². The first-order chi connectivity index (χ1) is 8.26. The van der Waals surface area contributed by atoms with Crippen LogP contribution in [-0.4, -0.2) is 40.4 Å². The largest absolute Gasteiger partial charge is 0.390 e. The minimum Gasteiger partial charge on any atom is -0.390 e. The van der Waals surface area contributed by atoms with Crippen molar-refractivity contribution in [2.75, 3.05) is 13.2 Å². The molecule has 0 unspecified atom stereocenters. The summed E-state index contributed by atoms with van der Waals surface area (Å²) in [6.07, 6.45) is 1.45. The predicted molar refractivity (Wildman–Crippen MR) is 59.8 cm³/mol. The van der Waals surface area contributed by atoms with Gasteiger partial charge in [0.1, 0.15) is 12.3 Å². The van der Waals surface area contributed by atoms with Crippen LogP contribution in [0, 0.1) is 0 Å². The van der Waals surface area contributed by atoms with Crippen molar-refractivity contribution in [1.82, 2.24) is 9.88 Å². The topological polar surface area (TPSA) is 71.3 Å². The molecule has 0 radical (unpaired) electrons. The molecule has 0 atom stereocenters. The fraction of sp³-hybridized carbons (Fsp3) is 0.455. The molecule has 1 rings (SSSR count). The molecule has 7 heteroatoms. The summed E-state index contributed by atoms with van der Waals surface area (Å²) in [4.78, 5) is 22.7. The van der Waals surface area contributed by atoms with Gasteiger partial charge in [0.2, 0.25) is 0 Å². The maximum atomic E-state index is 12.7. The maximum Gasteiger partial charge on any atom is 0.287 e. The van der Waals surface area contributed by atoms with Crippen LogP contribution >= 0.6 is 0 Å². The smallest absolute Gasteiger partial charge is 0.287 e. The van der Waals surface area contributed by atoms with E-state index in [-0.39, 0.29) is 11.5 Å². The highest BCUT2D eigenvalue weighted by atomic mass is 19.3. The van der Waals surface area contributed by atoms with E-state index in [0.717, 1.165) is 0 Å². The molecule has 0 saturated carbocycles. The van der Waals surface area contributed by atoms with Gasteiger partial charge in [0.05, 0.1) is 6.54 Å². The van der Waals surface area contributed by atoms with Crippen LogP contribution in [0.2, 0.25) is 0 Å². The molecule has 0 aromatic carbocycles. The average molecular weight is 260 g/mol. The van der Waals surface area contributed by atoms with Crippen LogP contribution in [0.1, 0.15) is 27.8 Å². The van der Waals surface area contributed by atoms with Gasteiger partial charge in [-0.15, -0.1) is 0 Å². The molecular formula is C11H14F2N2O3. The molecule has 0 saturated heterocycles. The number of aryl methyl sites for hydroxylation is 1. The number of alkyl halides is 2. The van der Waals surface area contributed by atoms with Crippen molar-refractivity contribution in [3.63, 3.8) is 0 Å². The van der Waals surface area contributed by atoms with Gasteiger partial charge in [-0.1, -0.05) is 0 Å². The van der Waals surface area contributed by atoms with Gasteiger partial charge in [-0.05, 0) is 13.0 Å². The predicted octanol–water partition coefficient (Wildman–Crippen LogP) is 0.585. The third-order valence-corrected chi connectivity index (χ3v) is 2.38. The van der Waals surface area contributed by atoms with E-state index in [2.05, 4.69) is 0 Å². The number of aliphatic hydroxyl groups is 1.